The summed E-state index contributed by atoms with van der Waals surface area (Å²) in [4.78, 5) is 8.67. The van der Waals surface area contributed by atoms with Crippen molar-refractivity contribution in [2.75, 3.05) is 6.54 Å². The van der Waals surface area contributed by atoms with E-state index in [-0.39, 0.29) is 0 Å². The molecular formula is C13H16N2. The minimum atomic E-state index is 0.735. The molecular weight excluding hydrogens is 184 g/mol. The minimum absolute atomic E-state index is 0.735. The lowest BCUT2D eigenvalue weighted by Crippen LogP contribution is -2.01. The summed E-state index contributed by atoms with van der Waals surface area (Å²) in [6.07, 6.45) is 2.35. The summed E-state index contributed by atoms with van der Waals surface area (Å²) >= 11 is 0. The number of aliphatic imine (C=N–C) groups is 2. The highest BCUT2D eigenvalue weighted by molar-refractivity contribution is 6.11. The summed E-state index contributed by atoms with van der Waals surface area (Å²) in [5.41, 5.74) is 3.70. The number of hydrogen-bond donors (Lipinski definition) is 0. The molecule has 0 bridgehead atoms. The average molecular weight is 200 g/mol. The van der Waals surface area contributed by atoms with Crippen LogP contribution in [0.3, 0.4) is 0 Å². The van der Waals surface area contributed by atoms with E-state index in [2.05, 4.69) is 41.2 Å². The van der Waals surface area contributed by atoms with Crippen molar-refractivity contribution >= 4 is 11.5 Å². The van der Waals surface area contributed by atoms with Gasteiger partial charge in [-0.05, 0) is 24.5 Å². The number of aryl methyl sites for hydroxylation is 1. The molecule has 2 rings (SSSR count). The summed E-state index contributed by atoms with van der Waals surface area (Å²) in [6, 6.07) is 8.68. The van der Waals surface area contributed by atoms with E-state index in [0.29, 0.717) is 0 Å². The number of benzene rings is 1. The fourth-order valence-electron chi connectivity index (χ4n) is 1.76. The lowest BCUT2D eigenvalue weighted by Gasteiger charge is -2.02. The van der Waals surface area contributed by atoms with Crippen molar-refractivity contribution in [2.45, 2.75) is 26.7 Å². The Labute approximate surface area is 90.8 Å². The predicted molar refractivity (Wildman–Crippen MR) is 65.0 cm³/mol. The van der Waals surface area contributed by atoms with E-state index in [1.807, 2.05) is 6.92 Å². The SMILES string of the molecule is CCCc1ccc(C2=NC(C)=NC2)cc1. The van der Waals surface area contributed by atoms with Crippen molar-refractivity contribution in [3.8, 4) is 0 Å². The third kappa shape index (κ3) is 2.32. The molecule has 0 fully saturated rings. The lowest BCUT2D eigenvalue weighted by atomic mass is 10.1. The third-order valence-corrected chi connectivity index (χ3v) is 2.58. The quantitative estimate of drug-likeness (QED) is 0.716. The fraction of sp³-hybridized carbons (Fsp3) is 0.385. The van der Waals surface area contributed by atoms with Crippen LogP contribution in [0, 0.1) is 0 Å². The first-order valence-electron chi connectivity index (χ1n) is 5.47. The topological polar surface area (TPSA) is 24.7 Å². The van der Waals surface area contributed by atoms with E-state index < -0.39 is 0 Å². The highest BCUT2D eigenvalue weighted by Gasteiger charge is 2.08. The first kappa shape index (κ1) is 10.1. The summed E-state index contributed by atoms with van der Waals surface area (Å²) in [5.74, 6) is 0.891. The standard InChI is InChI=1S/C13H16N2/c1-3-4-11-5-7-12(8-6-11)13-9-14-10(2)15-13/h5-8H,3-4,9H2,1-2H3. The van der Waals surface area contributed by atoms with Crippen LogP contribution in [0.1, 0.15) is 31.4 Å². The van der Waals surface area contributed by atoms with Gasteiger partial charge in [-0.1, -0.05) is 37.6 Å². The Morgan fingerprint density at radius 3 is 2.47 bits per heavy atom. The summed E-state index contributed by atoms with van der Waals surface area (Å²) in [7, 11) is 0. The molecule has 1 aromatic carbocycles. The molecule has 0 aromatic heterocycles. The molecule has 0 saturated heterocycles. The molecule has 0 atom stereocenters. The second kappa shape index (κ2) is 4.39. The van der Waals surface area contributed by atoms with Crippen LogP contribution < -0.4 is 0 Å². The number of nitrogens with zero attached hydrogens (tertiary/aromatic N) is 2. The zero-order chi connectivity index (χ0) is 10.7. The second-order valence-electron chi connectivity index (χ2n) is 3.87. The zero-order valence-electron chi connectivity index (χ0n) is 9.33. The molecule has 0 radical (unpaired) electrons. The highest BCUT2D eigenvalue weighted by atomic mass is 15.0. The summed E-state index contributed by atoms with van der Waals surface area (Å²) in [5, 5.41) is 0. The van der Waals surface area contributed by atoms with Crippen molar-refractivity contribution in [1.29, 1.82) is 0 Å². The zero-order valence-corrected chi connectivity index (χ0v) is 9.33. The minimum Gasteiger partial charge on any atom is -0.264 e. The van der Waals surface area contributed by atoms with E-state index in [1.165, 1.54) is 17.5 Å². The van der Waals surface area contributed by atoms with Crippen LogP contribution in [0.15, 0.2) is 34.3 Å². The monoisotopic (exact) mass is 200 g/mol. The second-order valence-corrected chi connectivity index (χ2v) is 3.87. The Bertz CT molecular complexity index is 399. The van der Waals surface area contributed by atoms with Gasteiger partial charge in [0.1, 0.15) is 5.84 Å². The molecule has 1 aliphatic rings. The Kier molecular flexibility index (Phi) is 2.95. The Morgan fingerprint density at radius 1 is 1.20 bits per heavy atom. The molecule has 1 aromatic rings. The maximum Gasteiger partial charge on any atom is 0.120 e. The number of amidine groups is 1. The molecule has 0 spiro atoms. The van der Waals surface area contributed by atoms with Crippen molar-refractivity contribution in [1.82, 2.24) is 0 Å². The fourth-order valence-corrected chi connectivity index (χ4v) is 1.76. The molecule has 0 unspecified atom stereocenters. The molecule has 0 N–H and O–H groups in total. The van der Waals surface area contributed by atoms with E-state index in [1.54, 1.807) is 0 Å². The predicted octanol–water partition coefficient (Wildman–Crippen LogP) is 2.86. The lowest BCUT2D eigenvalue weighted by molar-refractivity contribution is 0.922. The van der Waals surface area contributed by atoms with Crippen molar-refractivity contribution in [3.05, 3.63) is 35.4 Å². The van der Waals surface area contributed by atoms with Crippen molar-refractivity contribution in [2.24, 2.45) is 9.98 Å². The molecule has 0 aliphatic carbocycles. The van der Waals surface area contributed by atoms with Gasteiger partial charge in [0.15, 0.2) is 0 Å². The van der Waals surface area contributed by atoms with Crippen molar-refractivity contribution in [3.63, 3.8) is 0 Å². The van der Waals surface area contributed by atoms with Gasteiger partial charge in [-0.25, -0.2) is 4.99 Å². The molecule has 15 heavy (non-hydrogen) atoms. The van der Waals surface area contributed by atoms with Crippen LogP contribution in [-0.4, -0.2) is 18.1 Å². The van der Waals surface area contributed by atoms with E-state index >= 15 is 0 Å². The molecule has 2 nitrogen and oxygen atoms in total. The van der Waals surface area contributed by atoms with Gasteiger partial charge in [0.25, 0.3) is 0 Å². The Hall–Kier alpha value is -1.44. The molecule has 2 heteroatoms. The summed E-state index contributed by atoms with van der Waals surface area (Å²) in [6.45, 7) is 4.88. The van der Waals surface area contributed by atoms with Crippen LogP contribution in [-0.2, 0) is 6.42 Å². The molecule has 0 amide bonds. The van der Waals surface area contributed by atoms with E-state index in [0.717, 1.165) is 24.5 Å². The first-order valence-corrected chi connectivity index (χ1v) is 5.47. The number of hydrogen-bond acceptors (Lipinski definition) is 2. The van der Waals surface area contributed by atoms with Gasteiger partial charge < -0.3 is 0 Å². The van der Waals surface area contributed by atoms with E-state index in [4.69, 9.17) is 0 Å². The number of rotatable bonds is 3. The Morgan fingerprint density at radius 2 is 1.93 bits per heavy atom. The van der Waals surface area contributed by atoms with E-state index in [9.17, 15) is 0 Å². The van der Waals surface area contributed by atoms with Crippen LogP contribution in [0.5, 0.6) is 0 Å². The largest absolute Gasteiger partial charge is 0.264 e. The molecule has 1 heterocycles. The smallest absolute Gasteiger partial charge is 0.120 e. The van der Waals surface area contributed by atoms with Gasteiger partial charge in [0.2, 0.25) is 0 Å². The van der Waals surface area contributed by atoms with Crippen LogP contribution in [0.4, 0.5) is 0 Å². The third-order valence-electron chi connectivity index (χ3n) is 2.58. The van der Waals surface area contributed by atoms with Gasteiger partial charge in [-0.15, -0.1) is 0 Å². The molecule has 1 aliphatic heterocycles. The highest BCUT2D eigenvalue weighted by Crippen LogP contribution is 2.10. The maximum absolute atomic E-state index is 4.40. The van der Waals surface area contributed by atoms with Crippen LogP contribution in [0.2, 0.25) is 0 Å². The summed E-state index contributed by atoms with van der Waals surface area (Å²) < 4.78 is 0. The van der Waals surface area contributed by atoms with Gasteiger partial charge in [-0.2, -0.15) is 0 Å². The van der Waals surface area contributed by atoms with Crippen LogP contribution >= 0.6 is 0 Å². The molecule has 78 valence electrons. The Balaban J connectivity index is 2.14. The van der Waals surface area contributed by atoms with Gasteiger partial charge in [0.05, 0.1) is 12.3 Å². The first-order chi connectivity index (χ1) is 7.29. The normalized spacial score (nSPS) is 15.1. The molecule has 0 saturated carbocycles. The maximum atomic E-state index is 4.40. The average Bonchev–Trinajstić information content (AvgIpc) is 2.67. The van der Waals surface area contributed by atoms with Gasteiger partial charge in [0, 0.05) is 0 Å². The van der Waals surface area contributed by atoms with Gasteiger partial charge in [-0.3, -0.25) is 4.99 Å². The van der Waals surface area contributed by atoms with Crippen LogP contribution in [0.25, 0.3) is 0 Å². The van der Waals surface area contributed by atoms with Crippen molar-refractivity contribution < 1.29 is 0 Å². The van der Waals surface area contributed by atoms with Gasteiger partial charge >= 0.3 is 0 Å².